The second-order valence-corrected chi connectivity index (χ2v) is 6.93. The van der Waals surface area contributed by atoms with Crippen LogP contribution in [0.5, 0.6) is 17.2 Å². The van der Waals surface area contributed by atoms with Crippen LogP contribution in [0.1, 0.15) is 22.1 Å². The smallest absolute Gasteiger partial charge is 0.262 e. The number of hydrogen-bond donors (Lipinski definition) is 2. The van der Waals surface area contributed by atoms with Gasteiger partial charge in [0.25, 0.3) is 5.91 Å². The fourth-order valence-electron chi connectivity index (χ4n) is 3.40. The lowest BCUT2D eigenvalue weighted by molar-refractivity contribution is 0.0975. The molecule has 0 saturated heterocycles. The van der Waals surface area contributed by atoms with Gasteiger partial charge < -0.3 is 19.9 Å². The van der Waals surface area contributed by atoms with Crippen LogP contribution in [-0.2, 0) is 0 Å². The number of anilines is 2. The van der Waals surface area contributed by atoms with E-state index >= 15 is 0 Å². The summed E-state index contributed by atoms with van der Waals surface area (Å²) < 4.78 is 10.5. The van der Waals surface area contributed by atoms with Crippen molar-refractivity contribution in [3.63, 3.8) is 0 Å². The molecule has 1 heterocycles. The Bertz CT molecular complexity index is 1070. The number of halogens is 1. The number of carbonyl (C=O) groups is 1. The quantitative estimate of drug-likeness (QED) is 0.644. The van der Waals surface area contributed by atoms with Crippen molar-refractivity contribution in [1.29, 1.82) is 0 Å². The SMILES string of the molecule is COc1ccc(N2C(=O)c3ccccc3N[C@H]2c2cc(Cl)c(O)c(OC)c2)cc1. The molecule has 2 N–H and O–H groups in total. The number of rotatable bonds is 4. The zero-order chi connectivity index (χ0) is 20.5. The molecule has 0 unspecified atom stereocenters. The summed E-state index contributed by atoms with van der Waals surface area (Å²) in [5.41, 5.74) is 2.64. The molecule has 7 heteroatoms. The molecule has 3 aromatic rings. The molecule has 0 spiro atoms. The number of para-hydroxylation sites is 1. The monoisotopic (exact) mass is 410 g/mol. The van der Waals surface area contributed by atoms with E-state index in [9.17, 15) is 9.90 Å². The molecule has 29 heavy (non-hydrogen) atoms. The van der Waals surface area contributed by atoms with E-state index in [1.807, 2.05) is 30.3 Å². The first-order valence-electron chi connectivity index (χ1n) is 8.93. The highest BCUT2D eigenvalue weighted by atomic mass is 35.5. The summed E-state index contributed by atoms with van der Waals surface area (Å²) in [4.78, 5) is 15.0. The molecular weight excluding hydrogens is 392 g/mol. The number of ether oxygens (including phenoxy) is 2. The van der Waals surface area contributed by atoms with Crippen molar-refractivity contribution in [2.45, 2.75) is 6.17 Å². The van der Waals surface area contributed by atoms with E-state index in [0.717, 1.165) is 5.69 Å². The molecule has 6 nitrogen and oxygen atoms in total. The standard InChI is InChI=1S/C22H19ClN2O4/c1-28-15-9-7-14(8-10-15)25-21(13-11-17(23)20(26)19(12-13)29-2)24-18-6-4-3-5-16(18)22(25)27/h3-12,21,24,26H,1-2H3/t21-/m1/s1. The minimum atomic E-state index is -0.558. The van der Waals surface area contributed by atoms with Crippen LogP contribution < -0.4 is 19.7 Å². The first-order valence-corrected chi connectivity index (χ1v) is 9.31. The molecule has 0 radical (unpaired) electrons. The number of benzene rings is 3. The molecule has 0 saturated carbocycles. The third kappa shape index (κ3) is 3.32. The van der Waals surface area contributed by atoms with Crippen molar-refractivity contribution in [3.05, 3.63) is 76.8 Å². The van der Waals surface area contributed by atoms with Gasteiger partial charge in [-0.3, -0.25) is 9.69 Å². The van der Waals surface area contributed by atoms with Gasteiger partial charge >= 0.3 is 0 Å². The minimum Gasteiger partial charge on any atom is -0.503 e. The summed E-state index contributed by atoms with van der Waals surface area (Å²) in [5, 5.41) is 13.6. The molecule has 1 aliphatic heterocycles. The number of amides is 1. The summed E-state index contributed by atoms with van der Waals surface area (Å²) in [7, 11) is 3.04. The normalized spacial score (nSPS) is 15.5. The van der Waals surface area contributed by atoms with Crippen molar-refractivity contribution >= 4 is 28.9 Å². The van der Waals surface area contributed by atoms with E-state index in [-0.39, 0.29) is 22.4 Å². The predicted molar refractivity (Wildman–Crippen MR) is 112 cm³/mol. The Kier molecular flexibility index (Phi) is 4.94. The van der Waals surface area contributed by atoms with Crippen molar-refractivity contribution in [2.75, 3.05) is 24.4 Å². The number of phenols is 1. The lowest BCUT2D eigenvalue weighted by Gasteiger charge is -2.38. The first kappa shape index (κ1) is 19.0. The van der Waals surface area contributed by atoms with Gasteiger partial charge in [-0.25, -0.2) is 0 Å². The molecule has 148 valence electrons. The molecule has 3 aromatic carbocycles. The Hall–Kier alpha value is -3.38. The van der Waals surface area contributed by atoms with Gasteiger partial charge in [0.15, 0.2) is 11.5 Å². The summed E-state index contributed by atoms with van der Waals surface area (Å²) in [5.74, 6) is 0.627. The van der Waals surface area contributed by atoms with Gasteiger partial charge in [0.05, 0.1) is 24.8 Å². The van der Waals surface area contributed by atoms with E-state index in [1.54, 1.807) is 42.3 Å². The third-order valence-corrected chi connectivity index (χ3v) is 5.15. The number of nitrogens with zero attached hydrogens (tertiary/aromatic N) is 1. The molecule has 1 aliphatic rings. The first-order chi connectivity index (χ1) is 14.0. The van der Waals surface area contributed by atoms with Crippen LogP contribution in [0.2, 0.25) is 5.02 Å². The van der Waals surface area contributed by atoms with Crippen LogP contribution in [-0.4, -0.2) is 25.2 Å². The van der Waals surface area contributed by atoms with Gasteiger partial charge in [-0.05, 0) is 48.5 Å². The van der Waals surface area contributed by atoms with Crippen LogP contribution in [0.3, 0.4) is 0 Å². The number of carbonyl (C=O) groups excluding carboxylic acids is 1. The number of aromatic hydroxyl groups is 1. The maximum Gasteiger partial charge on any atom is 0.262 e. The Morgan fingerprint density at radius 3 is 2.45 bits per heavy atom. The van der Waals surface area contributed by atoms with E-state index in [0.29, 0.717) is 22.6 Å². The van der Waals surface area contributed by atoms with Crippen molar-refractivity contribution in [3.8, 4) is 17.2 Å². The van der Waals surface area contributed by atoms with Gasteiger partial charge in [0.1, 0.15) is 11.9 Å². The number of hydrogen-bond acceptors (Lipinski definition) is 5. The molecular formula is C22H19ClN2O4. The Labute approximate surface area is 173 Å². The summed E-state index contributed by atoms with van der Waals surface area (Å²) in [6, 6.07) is 17.8. The zero-order valence-electron chi connectivity index (χ0n) is 15.8. The zero-order valence-corrected chi connectivity index (χ0v) is 16.6. The fraction of sp³-hybridized carbons (Fsp3) is 0.136. The van der Waals surface area contributed by atoms with Gasteiger partial charge in [-0.2, -0.15) is 0 Å². The van der Waals surface area contributed by atoms with E-state index in [1.165, 1.54) is 7.11 Å². The maximum absolute atomic E-state index is 13.4. The number of fused-ring (bicyclic) bond motifs is 1. The largest absolute Gasteiger partial charge is 0.503 e. The number of nitrogens with one attached hydrogen (secondary N) is 1. The summed E-state index contributed by atoms with van der Waals surface area (Å²) >= 11 is 6.21. The summed E-state index contributed by atoms with van der Waals surface area (Å²) in [6.45, 7) is 0. The van der Waals surface area contributed by atoms with Crippen LogP contribution in [0, 0.1) is 0 Å². The molecule has 0 aliphatic carbocycles. The van der Waals surface area contributed by atoms with Crippen LogP contribution in [0.15, 0.2) is 60.7 Å². The average Bonchev–Trinajstić information content (AvgIpc) is 2.75. The van der Waals surface area contributed by atoms with Crippen molar-refractivity contribution in [1.82, 2.24) is 0 Å². The summed E-state index contributed by atoms with van der Waals surface area (Å²) in [6.07, 6.45) is -0.558. The van der Waals surface area contributed by atoms with Crippen LogP contribution in [0.4, 0.5) is 11.4 Å². The maximum atomic E-state index is 13.4. The molecule has 1 atom stereocenters. The molecule has 0 bridgehead atoms. The van der Waals surface area contributed by atoms with Crippen LogP contribution >= 0.6 is 11.6 Å². The van der Waals surface area contributed by atoms with Gasteiger partial charge in [-0.15, -0.1) is 0 Å². The Morgan fingerprint density at radius 2 is 1.76 bits per heavy atom. The minimum absolute atomic E-state index is 0.141. The highest BCUT2D eigenvalue weighted by molar-refractivity contribution is 6.32. The number of phenolic OH excluding ortho intramolecular Hbond substituents is 1. The van der Waals surface area contributed by atoms with Crippen molar-refractivity contribution in [2.24, 2.45) is 0 Å². The van der Waals surface area contributed by atoms with Crippen molar-refractivity contribution < 1.29 is 19.4 Å². The average molecular weight is 411 g/mol. The van der Waals surface area contributed by atoms with Gasteiger partial charge in [0, 0.05) is 16.9 Å². The predicted octanol–water partition coefficient (Wildman–Crippen LogP) is 4.83. The van der Waals surface area contributed by atoms with E-state index in [4.69, 9.17) is 21.1 Å². The Morgan fingerprint density at radius 1 is 1.03 bits per heavy atom. The lowest BCUT2D eigenvalue weighted by atomic mass is 10.0. The molecule has 0 aromatic heterocycles. The Balaban J connectivity index is 1.87. The molecule has 4 rings (SSSR count). The third-order valence-electron chi connectivity index (χ3n) is 4.86. The highest BCUT2D eigenvalue weighted by Crippen LogP contribution is 2.42. The topological polar surface area (TPSA) is 71.0 Å². The molecule has 1 amide bonds. The van der Waals surface area contributed by atoms with Gasteiger partial charge in [-0.1, -0.05) is 23.7 Å². The highest BCUT2D eigenvalue weighted by Gasteiger charge is 2.34. The second kappa shape index (κ2) is 7.56. The van der Waals surface area contributed by atoms with Crippen LogP contribution in [0.25, 0.3) is 0 Å². The number of methoxy groups -OCH3 is 2. The lowest BCUT2D eigenvalue weighted by Crippen LogP contribution is -2.43. The van der Waals surface area contributed by atoms with Gasteiger partial charge in [0.2, 0.25) is 0 Å². The second-order valence-electron chi connectivity index (χ2n) is 6.52. The van der Waals surface area contributed by atoms with E-state index < -0.39 is 6.17 Å². The van der Waals surface area contributed by atoms with E-state index in [2.05, 4.69) is 5.32 Å². The fourth-order valence-corrected chi connectivity index (χ4v) is 3.62. The molecule has 0 fully saturated rings.